The Labute approximate surface area is 211 Å². The van der Waals surface area contributed by atoms with Gasteiger partial charge in [-0.1, -0.05) is 0 Å². The molecule has 2 aliphatic rings. The molecule has 1 fully saturated rings. The predicted molar refractivity (Wildman–Crippen MR) is 137 cm³/mol. The summed E-state index contributed by atoms with van der Waals surface area (Å²) >= 11 is 1.60. The van der Waals surface area contributed by atoms with E-state index in [1.807, 2.05) is 26.0 Å². The summed E-state index contributed by atoms with van der Waals surface area (Å²) in [7, 11) is 0. The molecule has 0 spiro atoms. The average Bonchev–Trinajstić information content (AvgIpc) is 3.55. The van der Waals surface area contributed by atoms with E-state index in [4.69, 9.17) is 4.74 Å². The molecule has 4 N–H and O–H groups in total. The van der Waals surface area contributed by atoms with Crippen LogP contribution in [-0.4, -0.2) is 72.6 Å². The van der Waals surface area contributed by atoms with Crippen molar-refractivity contribution >= 4 is 49.9 Å². The van der Waals surface area contributed by atoms with E-state index in [9.17, 15) is 15.0 Å². The molecule has 0 bridgehead atoms. The molecule has 188 valence electrons. The van der Waals surface area contributed by atoms with Crippen molar-refractivity contribution in [3.05, 3.63) is 35.1 Å². The summed E-state index contributed by atoms with van der Waals surface area (Å²) < 4.78 is 6.08. The van der Waals surface area contributed by atoms with Crippen LogP contribution in [0.1, 0.15) is 30.7 Å². The number of rotatable bonds is 5. The summed E-state index contributed by atoms with van der Waals surface area (Å²) in [5.41, 5.74) is 2.87. The molecule has 0 unspecified atom stereocenters. The fraction of sp³-hybridized carbons (Fsp3) is 0.440. The van der Waals surface area contributed by atoms with Crippen molar-refractivity contribution < 1.29 is 19.7 Å². The Morgan fingerprint density at radius 3 is 2.83 bits per heavy atom. The normalized spacial score (nSPS) is 21.9. The molecule has 0 radical (unpaired) electrons. The number of carbonyl (C=O) groups is 1. The number of thiophene rings is 1. The number of aromatic nitrogens is 4. The summed E-state index contributed by atoms with van der Waals surface area (Å²) in [6, 6.07) is 3.94. The first-order valence-electron chi connectivity index (χ1n) is 12.2. The van der Waals surface area contributed by atoms with Crippen molar-refractivity contribution in [2.45, 2.75) is 51.4 Å². The van der Waals surface area contributed by atoms with Crippen LogP contribution in [0.3, 0.4) is 0 Å². The molecule has 0 saturated carbocycles. The maximum absolute atomic E-state index is 13.1. The first kappa shape index (κ1) is 23.1. The zero-order valence-electron chi connectivity index (χ0n) is 20.1. The van der Waals surface area contributed by atoms with Gasteiger partial charge in [-0.2, -0.15) is 5.10 Å². The van der Waals surface area contributed by atoms with E-state index < -0.39 is 12.2 Å². The number of nitrogens with zero attached hydrogens (tertiary/aromatic N) is 4. The molecular weight excluding hydrogens is 480 g/mol. The number of hydrogen-bond acceptors (Lipinski definition) is 9. The van der Waals surface area contributed by atoms with E-state index in [0.717, 1.165) is 38.1 Å². The Morgan fingerprint density at radius 1 is 1.25 bits per heavy atom. The number of nitrogens with one attached hydrogen (secondary N) is 2. The van der Waals surface area contributed by atoms with Crippen LogP contribution in [0.15, 0.2) is 24.7 Å². The average molecular weight is 509 g/mol. The zero-order chi connectivity index (χ0) is 25.0. The van der Waals surface area contributed by atoms with Gasteiger partial charge in [0.15, 0.2) is 0 Å². The van der Waals surface area contributed by atoms with Gasteiger partial charge in [0.1, 0.15) is 22.7 Å². The van der Waals surface area contributed by atoms with Crippen LogP contribution in [0.2, 0.25) is 0 Å². The Bertz CT molecular complexity index is 1440. The number of carbonyl (C=O) groups excluding carboxylic acids is 1. The van der Waals surface area contributed by atoms with Gasteiger partial charge in [0.25, 0.3) is 0 Å². The van der Waals surface area contributed by atoms with Crippen molar-refractivity contribution in [2.75, 3.05) is 18.4 Å². The van der Waals surface area contributed by atoms with Gasteiger partial charge in [-0.15, -0.1) is 11.3 Å². The monoisotopic (exact) mass is 508 g/mol. The number of fused-ring (bicyclic) bond motifs is 4. The molecule has 36 heavy (non-hydrogen) atoms. The highest BCUT2D eigenvalue weighted by molar-refractivity contribution is 7.19. The van der Waals surface area contributed by atoms with Crippen molar-refractivity contribution in [1.29, 1.82) is 0 Å². The first-order valence-corrected chi connectivity index (χ1v) is 13.0. The smallest absolute Gasteiger partial charge is 0.226 e. The van der Waals surface area contributed by atoms with E-state index in [0.29, 0.717) is 24.4 Å². The van der Waals surface area contributed by atoms with Crippen LogP contribution in [0.4, 0.5) is 11.5 Å². The summed E-state index contributed by atoms with van der Waals surface area (Å²) in [5, 5.41) is 32.3. The first-order chi connectivity index (χ1) is 17.4. The molecule has 11 heteroatoms. The Kier molecular flexibility index (Phi) is 5.78. The lowest BCUT2D eigenvalue weighted by Gasteiger charge is -2.26. The number of β-amino-alcohol motifs (C(OH)–C–C–N with tert-alkyl or cyclic N) is 2. The molecule has 10 nitrogen and oxygen atoms in total. The van der Waals surface area contributed by atoms with Crippen LogP contribution < -0.4 is 10.1 Å². The number of hydrogen-bond donors (Lipinski definition) is 4. The van der Waals surface area contributed by atoms with Crippen molar-refractivity contribution in [2.24, 2.45) is 5.92 Å². The van der Waals surface area contributed by atoms with E-state index in [1.54, 1.807) is 28.8 Å². The number of anilines is 2. The number of aryl methyl sites for hydroxylation is 1. The minimum absolute atomic E-state index is 0.00188. The number of H-pyrrole nitrogens is 1. The van der Waals surface area contributed by atoms with E-state index >= 15 is 0 Å². The molecule has 1 aromatic carbocycles. The van der Waals surface area contributed by atoms with E-state index in [-0.39, 0.29) is 31.0 Å². The minimum atomic E-state index is -0.868. The molecule has 4 aromatic rings. The lowest BCUT2D eigenvalue weighted by atomic mass is 9.87. The summed E-state index contributed by atoms with van der Waals surface area (Å²) in [6.45, 7) is 4.36. The number of aliphatic hydroxyl groups excluding tert-OH is 2. The second-order valence-electron chi connectivity index (χ2n) is 9.82. The molecular formula is C25H28N6O4S. The highest BCUT2D eigenvalue weighted by Gasteiger charge is 2.37. The highest BCUT2D eigenvalue weighted by atomic mass is 32.1. The second-order valence-corrected chi connectivity index (χ2v) is 10.9. The highest BCUT2D eigenvalue weighted by Crippen LogP contribution is 2.42. The number of aromatic amines is 1. The van der Waals surface area contributed by atoms with Crippen LogP contribution in [0.5, 0.6) is 5.75 Å². The van der Waals surface area contributed by atoms with Crippen molar-refractivity contribution in [3.63, 3.8) is 0 Å². The topological polar surface area (TPSA) is 136 Å². The lowest BCUT2D eigenvalue weighted by molar-refractivity contribution is -0.135. The molecule has 6 rings (SSSR count). The quantitative estimate of drug-likeness (QED) is 0.323. The van der Waals surface area contributed by atoms with Crippen LogP contribution in [-0.2, 0) is 17.6 Å². The molecule has 4 heterocycles. The third kappa shape index (κ3) is 4.06. The molecule has 3 atom stereocenters. The number of amides is 1. The molecule has 1 amide bonds. The van der Waals surface area contributed by atoms with E-state index in [1.165, 1.54) is 5.56 Å². The molecule has 1 saturated heterocycles. The third-order valence-electron chi connectivity index (χ3n) is 6.92. The standard InChI is InChI=1S/C25H28N6O4S/c1-12(2)35-20-7-16-14(8-28-30-16)5-17(20)29-23-22-15-4-3-13(6-21(15)36-24(22)27-11-26-23)25(34)31-9-18(32)19(33)10-31/h5,7-8,11-13,18-19,32-33H,3-4,6,9-10H2,1-2H3,(H,28,30)(H,26,27,29)/t13-,18+,19+/m0/s1. The van der Waals surface area contributed by atoms with Gasteiger partial charge in [-0.3, -0.25) is 9.89 Å². The Morgan fingerprint density at radius 2 is 2.06 bits per heavy atom. The molecule has 1 aliphatic heterocycles. The van der Waals surface area contributed by atoms with Gasteiger partial charge in [-0.25, -0.2) is 9.97 Å². The molecule has 3 aromatic heterocycles. The van der Waals surface area contributed by atoms with Gasteiger partial charge in [-0.05, 0) is 44.7 Å². The van der Waals surface area contributed by atoms with Gasteiger partial charge in [0.05, 0.1) is 41.1 Å². The van der Waals surface area contributed by atoms with Gasteiger partial charge in [0, 0.05) is 35.3 Å². The fourth-order valence-electron chi connectivity index (χ4n) is 5.17. The van der Waals surface area contributed by atoms with Crippen LogP contribution in [0.25, 0.3) is 21.1 Å². The van der Waals surface area contributed by atoms with Gasteiger partial charge < -0.3 is 25.2 Å². The van der Waals surface area contributed by atoms with Gasteiger partial charge >= 0.3 is 0 Å². The maximum atomic E-state index is 13.1. The number of aliphatic hydroxyl groups is 2. The number of ether oxygens (including phenoxy) is 1. The summed E-state index contributed by atoms with van der Waals surface area (Å²) in [6.07, 6.45) is 3.66. The maximum Gasteiger partial charge on any atom is 0.226 e. The number of likely N-dealkylation sites (tertiary alicyclic amines) is 1. The Balaban J connectivity index is 1.31. The van der Waals surface area contributed by atoms with Crippen LogP contribution in [0, 0.1) is 5.92 Å². The summed E-state index contributed by atoms with van der Waals surface area (Å²) in [5.74, 6) is 1.26. The minimum Gasteiger partial charge on any atom is -0.489 e. The number of benzene rings is 1. The van der Waals surface area contributed by atoms with E-state index in [2.05, 4.69) is 25.5 Å². The SMILES string of the molecule is CC(C)Oc1cc2[nH]ncc2cc1Nc1ncnc2sc3c(c12)CC[C@H](C(=O)N1C[C@@H](O)[C@H](O)C1)C3. The molecule has 1 aliphatic carbocycles. The zero-order valence-corrected chi connectivity index (χ0v) is 20.9. The van der Waals surface area contributed by atoms with Crippen molar-refractivity contribution in [1.82, 2.24) is 25.1 Å². The summed E-state index contributed by atoms with van der Waals surface area (Å²) in [4.78, 5) is 25.8. The lowest BCUT2D eigenvalue weighted by Crippen LogP contribution is -2.37. The largest absolute Gasteiger partial charge is 0.489 e. The Hall–Kier alpha value is -3.28. The van der Waals surface area contributed by atoms with Crippen LogP contribution >= 0.6 is 11.3 Å². The fourth-order valence-corrected chi connectivity index (χ4v) is 6.44. The predicted octanol–water partition coefficient (Wildman–Crippen LogP) is 2.77. The second kappa shape index (κ2) is 8.99. The van der Waals surface area contributed by atoms with Crippen molar-refractivity contribution in [3.8, 4) is 5.75 Å². The third-order valence-corrected chi connectivity index (χ3v) is 8.08. The van der Waals surface area contributed by atoms with Gasteiger partial charge in [0.2, 0.25) is 5.91 Å².